The average Bonchev–Trinajstić information content (AvgIpc) is 1.97. The van der Waals surface area contributed by atoms with Gasteiger partial charge in [-0.15, -0.1) is 0 Å². The Hall–Kier alpha value is 0.270. The molecule has 0 aliphatic heterocycles. The van der Waals surface area contributed by atoms with Crippen molar-refractivity contribution < 1.29 is 9.84 Å². The van der Waals surface area contributed by atoms with Crippen molar-refractivity contribution >= 4 is 11.8 Å². The minimum Gasteiger partial charge on any atom is -0.396 e. The number of thioether (sulfide) groups is 1. The molecule has 0 saturated carbocycles. The first kappa shape index (κ1) is 10.3. The van der Waals surface area contributed by atoms with E-state index < -0.39 is 0 Å². The molecule has 0 radical (unpaired) electrons. The van der Waals surface area contributed by atoms with Gasteiger partial charge in [-0.25, -0.2) is 0 Å². The van der Waals surface area contributed by atoms with Crippen LogP contribution in [0.2, 0.25) is 0 Å². The fourth-order valence-electron chi connectivity index (χ4n) is 0.617. The Morgan fingerprint density at radius 3 is 2.70 bits per heavy atom. The summed E-state index contributed by atoms with van der Waals surface area (Å²) in [4.78, 5) is 0. The quantitative estimate of drug-likeness (QED) is 0.572. The van der Waals surface area contributed by atoms with Crippen LogP contribution >= 0.6 is 11.8 Å². The van der Waals surface area contributed by atoms with Crippen LogP contribution < -0.4 is 0 Å². The van der Waals surface area contributed by atoms with Crippen LogP contribution in [-0.2, 0) is 4.74 Å². The fraction of sp³-hybridized carbons (Fsp3) is 1.00. The van der Waals surface area contributed by atoms with Crippen molar-refractivity contribution in [1.29, 1.82) is 0 Å². The number of aliphatic hydroxyl groups is 1. The minimum atomic E-state index is 0.301. The van der Waals surface area contributed by atoms with Gasteiger partial charge in [-0.1, -0.05) is 0 Å². The molecule has 62 valence electrons. The van der Waals surface area contributed by atoms with Gasteiger partial charge < -0.3 is 9.84 Å². The Labute approximate surface area is 67.0 Å². The summed E-state index contributed by atoms with van der Waals surface area (Å²) in [6.07, 6.45) is 2.33. The summed E-state index contributed by atoms with van der Waals surface area (Å²) in [5.41, 5.74) is 0. The zero-order valence-corrected chi connectivity index (χ0v) is 7.32. The smallest absolute Gasteiger partial charge is 0.0521 e. The highest BCUT2D eigenvalue weighted by Crippen LogP contribution is 2.02. The van der Waals surface area contributed by atoms with Gasteiger partial charge in [0.1, 0.15) is 0 Å². The van der Waals surface area contributed by atoms with Gasteiger partial charge in [0.05, 0.1) is 6.61 Å². The second-order valence-electron chi connectivity index (χ2n) is 2.04. The van der Waals surface area contributed by atoms with E-state index in [2.05, 4.69) is 0 Å². The standard InChI is InChI=1S/C7H16O2S/c1-9-5-2-3-6-10-7-4-8/h8H,2-7H2,1H3. The molecule has 0 atom stereocenters. The van der Waals surface area contributed by atoms with Crippen molar-refractivity contribution in [1.82, 2.24) is 0 Å². The fourth-order valence-corrected chi connectivity index (χ4v) is 1.36. The van der Waals surface area contributed by atoms with Crippen LogP contribution in [0.15, 0.2) is 0 Å². The van der Waals surface area contributed by atoms with E-state index in [9.17, 15) is 0 Å². The van der Waals surface area contributed by atoms with Crippen LogP contribution in [0, 0.1) is 0 Å². The van der Waals surface area contributed by atoms with Crippen LogP contribution in [0.1, 0.15) is 12.8 Å². The van der Waals surface area contributed by atoms with E-state index in [0.29, 0.717) is 6.61 Å². The van der Waals surface area contributed by atoms with Gasteiger partial charge in [0, 0.05) is 19.5 Å². The van der Waals surface area contributed by atoms with E-state index in [4.69, 9.17) is 9.84 Å². The van der Waals surface area contributed by atoms with Crippen LogP contribution in [0.4, 0.5) is 0 Å². The number of unbranched alkanes of at least 4 members (excludes halogenated alkanes) is 1. The lowest BCUT2D eigenvalue weighted by atomic mass is 10.4. The predicted octanol–water partition coefficient (Wildman–Crippen LogP) is 1.14. The summed E-state index contributed by atoms with van der Waals surface area (Å²) in [5.74, 6) is 2.01. The highest BCUT2D eigenvalue weighted by atomic mass is 32.2. The molecule has 0 heterocycles. The van der Waals surface area contributed by atoms with Crippen molar-refractivity contribution in [2.24, 2.45) is 0 Å². The molecule has 0 bridgehead atoms. The summed E-state index contributed by atoms with van der Waals surface area (Å²) >= 11 is 1.80. The molecule has 0 amide bonds. The molecule has 0 aromatic carbocycles. The predicted molar refractivity (Wildman–Crippen MR) is 45.5 cm³/mol. The molecule has 0 spiro atoms. The van der Waals surface area contributed by atoms with Crippen molar-refractivity contribution in [2.45, 2.75) is 12.8 Å². The molecule has 10 heavy (non-hydrogen) atoms. The topological polar surface area (TPSA) is 29.5 Å². The lowest BCUT2D eigenvalue weighted by Crippen LogP contribution is -1.92. The molecule has 0 rings (SSSR count). The Bertz CT molecular complexity index is 51.6. The average molecular weight is 164 g/mol. The molecule has 0 fully saturated rings. The molecule has 0 aliphatic carbocycles. The zero-order valence-electron chi connectivity index (χ0n) is 6.51. The number of hydrogen-bond acceptors (Lipinski definition) is 3. The summed E-state index contributed by atoms with van der Waals surface area (Å²) in [7, 11) is 1.72. The molecule has 3 heteroatoms. The van der Waals surface area contributed by atoms with Crippen LogP contribution in [0.3, 0.4) is 0 Å². The third kappa shape index (κ3) is 8.27. The van der Waals surface area contributed by atoms with E-state index in [1.54, 1.807) is 18.9 Å². The summed E-state index contributed by atoms with van der Waals surface area (Å²) < 4.78 is 4.89. The largest absolute Gasteiger partial charge is 0.396 e. The Morgan fingerprint density at radius 1 is 1.30 bits per heavy atom. The molecular formula is C7H16O2S. The van der Waals surface area contributed by atoms with Gasteiger partial charge in [0.15, 0.2) is 0 Å². The molecular weight excluding hydrogens is 148 g/mol. The second kappa shape index (κ2) is 9.27. The first-order chi connectivity index (χ1) is 4.91. The summed E-state index contributed by atoms with van der Waals surface area (Å²) in [6, 6.07) is 0. The lowest BCUT2D eigenvalue weighted by molar-refractivity contribution is 0.194. The number of ether oxygens (including phenoxy) is 1. The normalized spacial score (nSPS) is 10.2. The second-order valence-corrected chi connectivity index (χ2v) is 3.26. The molecule has 0 aromatic rings. The zero-order chi connectivity index (χ0) is 7.66. The van der Waals surface area contributed by atoms with Gasteiger partial charge >= 0.3 is 0 Å². The van der Waals surface area contributed by atoms with E-state index in [-0.39, 0.29) is 0 Å². The van der Waals surface area contributed by atoms with Crippen LogP contribution in [0.5, 0.6) is 0 Å². The maximum Gasteiger partial charge on any atom is 0.0521 e. The van der Waals surface area contributed by atoms with Gasteiger partial charge in [-0.05, 0) is 18.6 Å². The van der Waals surface area contributed by atoms with E-state index in [0.717, 1.165) is 24.5 Å². The number of methoxy groups -OCH3 is 1. The third-order valence-corrected chi connectivity index (χ3v) is 2.17. The van der Waals surface area contributed by atoms with Crippen molar-refractivity contribution in [3.8, 4) is 0 Å². The highest BCUT2D eigenvalue weighted by Gasteiger charge is 1.88. The molecule has 0 saturated heterocycles. The SMILES string of the molecule is COCCCCSCCO. The number of rotatable bonds is 7. The molecule has 2 nitrogen and oxygen atoms in total. The van der Waals surface area contributed by atoms with Gasteiger partial charge in [0.2, 0.25) is 0 Å². The van der Waals surface area contributed by atoms with Crippen LogP contribution in [0.25, 0.3) is 0 Å². The molecule has 0 aromatic heterocycles. The van der Waals surface area contributed by atoms with Crippen molar-refractivity contribution in [3.63, 3.8) is 0 Å². The number of aliphatic hydroxyl groups excluding tert-OH is 1. The van der Waals surface area contributed by atoms with Gasteiger partial charge in [0.25, 0.3) is 0 Å². The minimum absolute atomic E-state index is 0.301. The monoisotopic (exact) mass is 164 g/mol. The van der Waals surface area contributed by atoms with Gasteiger partial charge in [-0.3, -0.25) is 0 Å². The highest BCUT2D eigenvalue weighted by molar-refractivity contribution is 7.99. The summed E-state index contributed by atoms with van der Waals surface area (Å²) in [6.45, 7) is 1.16. The first-order valence-corrected chi connectivity index (χ1v) is 4.75. The third-order valence-electron chi connectivity index (χ3n) is 1.12. The maximum absolute atomic E-state index is 8.42. The van der Waals surface area contributed by atoms with E-state index >= 15 is 0 Å². The molecule has 0 aliphatic rings. The van der Waals surface area contributed by atoms with E-state index in [1.807, 2.05) is 0 Å². The molecule has 1 N–H and O–H groups in total. The Morgan fingerprint density at radius 2 is 2.10 bits per heavy atom. The Kier molecular flexibility index (Phi) is 9.52. The number of hydrogen-bond donors (Lipinski definition) is 1. The molecule has 0 unspecified atom stereocenters. The van der Waals surface area contributed by atoms with Gasteiger partial charge in [-0.2, -0.15) is 11.8 Å². The maximum atomic E-state index is 8.42. The summed E-state index contributed by atoms with van der Waals surface area (Å²) in [5, 5.41) is 8.42. The van der Waals surface area contributed by atoms with Crippen LogP contribution in [-0.4, -0.2) is 36.9 Å². The Balaban J connectivity index is 2.65. The van der Waals surface area contributed by atoms with E-state index in [1.165, 1.54) is 6.42 Å². The van der Waals surface area contributed by atoms with Crippen molar-refractivity contribution in [3.05, 3.63) is 0 Å². The lowest BCUT2D eigenvalue weighted by Gasteiger charge is -1.98. The first-order valence-electron chi connectivity index (χ1n) is 3.59. The van der Waals surface area contributed by atoms with Crippen molar-refractivity contribution in [2.75, 3.05) is 31.8 Å².